The molecular weight excluding hydrogens is 529 g/mol. The maximum Gasteiger partial charge on any atom is 0.337 e. The minimum atomic E-state index is -0.629. The van der Waals surface area contributed by atoms with E-state index in [9.17, 15) is 18.8 Å². The summed E-state index contributed by atoms with van der Waals surface area (Å²) >= 11 is 0. The predicted octanol–water partition coefficient (Wildman–Crippen LogP) is 4.22. The number of halogens is 1. The van der Waals surface area contributed by atoms with Crippen LogP contribution in [0, 0.1) is 5.82 Å². The molecule has 3 aromatic carbocycles. The van der Waals surface area contributed by atoms with E-state index in [1.165, 1.54) is 32.4 Å². The number of para-hydroxylation sites is 1. The number of esters is 1. The molecule has 3 amide bonds. The molecule has 0 spiro atoms. The number of hydrogen-bond donors (Lipinski definition) is 3. The highest BCUT2D eigenvalue weighted by molar-refractivity contribution is 6.00. The number of rotatable bonds is 9. The van der Waals surface area contributed by atoms with Crippen LogP contribution in [0.3, 0.4) is 0 Å². The van der Waals surface area contributed by atoms with E-state index in [2.05, 4.69) is 10.6 Å². The largest absolute Gasteiger partial charge is 0.495 e. The molecule has 2 atom stereocenters. The van der Waals surface area contributed by atoms with Crippen LogP contribution < -0.4 is 26.0 Å². The number of likely N-dealkylation sites (N-methyl/N-ethyl adjacent to an activating group) is 1. The smallest absolute Gasteiger partial charge is 0.337 e. The third kappa shape index (κ3) is 6.93. The number of urea groups is 1. The van der Waals surface area contributed by atoms with Crippen molar-refractivity contribution in [2.45, 2.75) is 31.5 Å². The highest BCUT2D eigenvalue weighted by atomic mass is 19.1. The van der Waals surface area contributed by atoms with Crippen molar-refractivity contribution >= 4 is 35.0 Å². The molecule has 1 heterocycles. The molecule has 3 aromatic rings. The molecule has 0 radical (unpaired) electrons. The number of nitrogens with zero attached hydrogens (tertiary/aromatic N) is 2. The van der Waals surface area contributed by atoms with Gasteiger partial charge in [-0.05, 0) is 66.9 Å². The average molecular weight is 564 g/mol. The van der Waals surface area contributed by atoms with Crippen LogP contribution >= 0.6 is 0 Å². The van der Waals surface area contributed by atoms with Gasteiger partial charge in [0, 0.05) is 19.3 Å². The number of anilines is 3. The first-order valence-corrected chi connectivity index (χ1v) is 13.2. The molecule has 216 valence electrons. The Labute approximate surface area is 238 Å². The zero-order valence-corrected chi connectivity index (χ0v) is 23.2. The van der Waals surface area contributed by atoms with Gasteiger partial charge in [-0.3, -0.25) is 4.79 Å². The fourth-order valence-corrected chi connectivity index (χ4v) is 4.90. The molecule has 0 aromatic heterocycles. The SMILES string of the molecule is COC(=O)c1ccc(N(C)C(N)C2CCCN2C(=O)Cc2ccc(NC(=O)Nc3ccccc3F)c(OC)c2)cc1. The van der Waals surface area contributed by atoms with Gasteiger partial charge in [0.1, 0.15) is 11.6 Å². The predicted molar refractivity (Wildman–Crippen MR) is 155 cm³/mol. The van der Waals surface area contributed by atoms with Crippen LogP contribution in [-0.2, 0) is 16.0 Å². The quantitative estimate of drug-likeness (QED) is 0.263. The fourth-order valence-electron chi connectivity index (χ4n) is 4.90. The average Bonchev–Trinajstić information content (AvgIpc) is 3.48. The molecule has 0 aliphatic carbocycles. The summed E-state index contributed by atoms with van der Waals surface area (Å²) in [6.45, 7) is 0.597. The van der Waals surface area contributed by atoms with E-state index in [1.807, 2.05) is 16.8 Å². The van der Waals surface area contributed by atoms with E-state index in [-0.39, 0.29) is 24.1 Å². The number of methoxy groups -OCH3 is 2. The van der Waals surface area contributed by atoms with Crippen LogP contribution in [0.1, 0.15) is 28.8 Å². The third-order valence-corrected chi connectivity index (χ3v) is 7.15. The molecule has 11 heteroatoms. The van der Waals surface area contributed by atoms with Crippen LogP contribution in [0.4, 0.5) is 26.2 Å². The fraction of sp³-hybridized carbons (Fsp3) is 0.300. The highest BCUT2D eigenvalue weighted by Gasteiger charge is 2.35. The second-order valence-corrected chi connectivity index (χ2v) is 9.71. The molecule has 10 nitrogen and oxygen atoms in total. The number of carbonyl (C=O) groups excluding carboxylic acids is 3. The van der Waals surface area contributed by atoms with Crippen LogP contribution in [0.15, 0.2) is 66.7 Å². The third-order valence-electron chi connectivity index (χ3n) is 7.15. The lowest BCUT2D eigenvalue weighted by Gasteiger charge is -2.36. The number of carbonyl (C=O) groups is 3. The molecule has 1 fully saturated rings. The van der Waals surface area contributed by atoms with E-state index < -0.39 is 24.0 Å². The van der Waals surface area contributed by atoms with Gasteiger partial charge < -0.3 is 35.6 Å². The summed E-state index contributed by atoms with van der Waals surface area (Å²) in [6.07, 6.45) is 1.27. The van der Waals surface area contributed by atoms with Crippen molar-refractivity contribution in [3.63, 3.8) is 0 Å². The summed E-state index contributed by atoms with van der Waals surface area (Å²) in [4.78, 5) is 41.2. The Morgan fingerprint density at radius 1 is 1.05 bits per heavy atom. The Kier molecular flexibility index (Phi) is 9.41. The van der Waals surface area contributed by atoms with E-state index in [4.69, 9.17) is 15.2 Å². The molecule has 2 unspecified atom stereocenters. The number of likely N-dealkylation sites (tertiary alicyclic amines) is 1. The lowest BCUT2D eigenvalue weighted by molar-refractivity contribution is -0.131. The second-order valence-electron chi connectivity index (χ2n) is 9.71. The van der Waals surface area contributed by atoms with Crippen molar-refractivity contribution in [2.24, 2.45) is 5.73 Å². The number of amides is 3. The maximum absolute atomic E-state index is 13.9. The molecule has 0 saturated carbocycles. The first kappa shape index (κ1) is 29.3. The molecule has 41 heavy (non-hydrogen) atoms. The summed E-state index contributed by atoms with van der Waals surface area (Å²) in [5, 5.41) is 5.11. The van der Waals surface area contributed by atoms with Gasteiger partial charge >= 0.3 is 12.0 Å². The van der Waals surface area contributed by atoms with Crippen molar-refractivity contribution in [3.05, 3.63) is 83.7 Å². The topological polar surface area (TPSA) is 126 Å². The zero-order chi connectivity index (χ0) is 29.5. The molecule has 1 saturated heterocycles. The lowest BCUT2D eigenvalue weighted by Crippen LogP contribution is -2.55. The maximum atomic E-state index is 13.9. The van der Waals surface area contributed by atoms with Crippen LogP contribution in [0.25, 0.3) is 0 Å². The van der Waals surface area contributed by atoms with Gasteiger partial charge in [0.05, 0.1) is 49.8 Å². The molecule has 1 aliphatic heterocycles. The lowest BCUT2D eigenvalue weighted by atomic mass is 10.1. The summed E-state index contributed by atoms with van der Waals surface area (Å²) in [5.41, 5.74) is 9.02. The van der Waals surface area contributed by atoms with Crippen molar-refractivity contribution in [1.82, 2.24) is 4.90 Å². The number of nitrogens with two attached hydrogens (primary N) is 1. The Morgan fingerprint density at radius 2 is 1.76 bits per heavy atom. The minimum absolute atomic E-state index is 0.0495. The summed E-state index contributed by atoms with van der Waals surface area (Å²) < 4.78 is 24.1. The van der Waals surface area contributed by atoms with Crippen molar-refractivity contribution < 1.29 is 28.2 Å². The molecule has 0 bridgehead atoms. The first-order chi connectivity index (χ1) is 19.7. The second kappa shape index (κ2) is 13.1. The molecular formula is C30H34FN5O5. The Hall–Kier alpha value is -4.64. The zero-order valence-electron chi connectivity index (χ0n) is 23.2. The summed E-state index contributed by atoms with van der Waals surface area (Å²) in [5.74, 6) is -0.672. The first-order valence-electron chi connectivity index (χ1n) is 13.2. The van der Waals surface area contributed by atoms with E-state index in [1.54, 1.807) is 48.5 Å². The van der Waals surface area contributed by atoms with Gasteiger partial charge in [-0.25, -0.2) is 14.0 Å². The normalized spacial score (nSPS) is 15.1. The van der Waals surface area contributed by atoms with Crippen LogP contribution in [0.2, 0.25) is 0 Å². The van der Waals surface area contributed by atoms with Crippen molar-refractivity contribution in [3.8, 4) is 5.75 Å². The molecule has 4 rings (SSSR count). The standard InChI is InChI=1S/C30H34FN5O5/c1-35(21-13-11-20(12-14-21)29(38)41-3)28(32)25-9-6-16-36(25)27(37)18-19-10-15-24(26(17-19)40-2)34-30(39)33-23-8-5-4-7-22(23)31/h4-5,7-8,10-15,17,25,28H,6,9,16,18,32H2,1-3H3,(H2,33,34,39). The van der Waals surface area contributed by atoms with Crippen LogP contribution in [0.5, 0.6) is 5.75 Å². The number of nitrogens with one attached hydrogen (secondary N) is 2. The van der Waals surface area contributed by atoms with Gasteiger partial charge in [0.25, 0.3) is 0 Å². The molecule has 1 aliphatic rings. The van der Waals surface area contributed by atoms with Gasteiger partial charge in [-0.15, -0.1) is 0 Å². The summed E-state index contributed by atoms with van der Waals surface area (Å²) in [7, 11) is 4.65. The Bertz CT molecular complexity index is 1400. The Morgan fingerprint density at radius 3 is 2.44 bits per heavy atom. The van der Waals surface area contributed by atoms with Gasteiger partial charge in [0.15, 0.2) is 0 Å². The van der Waals surface area contributed by atoms with Gasteiger partial charge in [0.2, 0.25) is 5.91 Å². The van der Waals surface area contributed by atoms with E-state index in [0.29, 0.717) is 29.1 Å². The number of benzene rings is 3. The Balaban J connectivity index is 1.40. The number of hydrogen-bond acceptors (Lipinski definition) is 7. The van der Waals surface area contributed by atoms with Crippen molar-refractivity contribution in [2.75, 3.05) is 43.3 Å². The minimum Gasteiger partial charge on any atom is -0.495 e. The van der Waals surface area contributed by atoms with E-state index in [0.717, 1.165) is 18.5 Å². The van der Waals surface area contributed by atoms with E-state index >= 15 is 0 Å². The van der Waals surface area contributed by atoms with Gasteiger partial charge in [-0.1, -0.05) is 18.2 Å². The van der Waals surface area contributed by atoms with Crippen LogP contribution in [-0.4, -0.2) is 62.8 Å². The highest BCUT2D eigenvalue weighted by Crippen LogP contribution is 2.29. The van der Waals surface area contributed by atoms with Gasteiger partial charge in [-0.2, -0.15) is 0 Å². The number of ether oxygens (including phenoxy) is 2. The summed E-state index contributed by atoms with van der Waals surface area (Å²) in [6, 6.07) is 17.0. The molecule has 4 N–H and O–H groups in total. The monoisotopic (exact) mass is 563 g/mol. The van der Waals surface area contributed by atoms with Crippen molar-refractivity contribution in [1.29, 1.82) is 0 Å².